The summed E-state index contributed by atoms with van der Waals surface area (Å²) in [4.78, 5) is 26.1. The number of carbonyl (C=O) groups excluding carboxylic acids is 2. The Morgan fingerprint density at radius 3 is 2.40 bits per heavy atom. The fourth-order valence-corrected chi connectivity index (χ4v) is 1.75. The third-order valence-electron chi connectivity index (χ3n) is 2.79. The van der Waals surface area contributed by atoms with Gasteiger partial charge in [-0.15, -0.1) is 0 Å². The summed E-state index contributed by atoms with van der Waals surface area (Å²) in [5, 5.41) is 0. The molecule has 5 nitrogen and oxygen atoms in total. The molecular formula is C15H18N2O3. The van der Waals surface area contributed by atoms with Crippen LogP contribution in [0.25, 0.3) is 5.53 Å². The average molecular weight is 274 g/mol. The second kappa shape index (κ2) is 8.77. The van der Waals surface area contributed by atoms with E-state index >= 15 is 0 Å². The molecule has 0 aliphatic heterocycles. The minimum Gasteiger partial charge on any atom is -0.457 e. The van der Waals surface area contributed by atoms with E-state index < -0.39 is 5.97 Å². The molecule has 0 spiro atoms. The maximum Gasteiger partial charge on any atom is 0.416 e. The molecule has 1 aromatic rings. The Hall–Kier alpha value is -2.26. The molecule has 0 saturated heterocycles. The Morgan fingerprint density at radius 2 is 1.80 bits per heavy atom. The van der Waals surface area contributed by atoms with Gasteiger partial charge in [-0.1, -0.05) is 30.3 Å². The van der Waals surface area contributed by atoms with Crippen molar-refractivity contribution in [3.05, 3.63) is 41.4 Å². The van der Waals surface area contributed by atoms with E-state index in [1.54, 1.807) is 19.1 Å². The second-order valence-electron chi connectivity index (χ2n) is 4.26. The van der Waals surface area contributed by atoms with Crippen LogP contribution in [0.2, 0.25) is 0 Å². The zero-order chi connectivity index (χ0) is 14.8. The van der Waals surface area contributed by atoms with Crippen molar-refractivity contribution in [1.29, 1.82) is 0 Å². The van der Waals surface area contributed by atoms with E-state index in [1.807, 2.05) is 18.2 Å². The fourth-order valence-electron chi connectivity index (χ4n) is 1.75. The van der Waals surface area contributed by atoms with Crippen LogP contribution in [-0.2, 0) is 9.53 Å². The first-order valence-corrected chi connectivity index (χ1v) is 6.65. The monoisotopic (exact) mass is 274 g/mol. The standard InChI is InChI=1S/C15H18N2O3/c1-2-20-15(19)13(17-16)10-6-7-11-14(18)12-8-4-3-5-9-12/h3-5,8-9H,2,6-7,10-11H2,1H3. The molecule has 1 aromatic carbocycles. The normalized spacial score (nSPS) is 9.65. The molecule has 0 aliphatic rings. The molecule has 0 radical (unpaired) electrons. The molecular weight excluding hydrogens is 256 g/mol. The van der Waals surface area contributed by atoms with Gasteiger partial charge in [0.2, 0.25) is 0 Å². The van der Waals surface area contributed by atoms with E-state index in [9.17, 15) is 9.59 Å². The molecule has 0 atom stereocenters. The molecule has 20 heavy (non-hydrogen) atoms. The van der Waals surface area contributed by atoms with E-state index in [4.69, 9.17) is 10.3 Å². The highest BCUT2D eigenvalue weighted by atomic mass is 16.5. The zero-order valence-electron chi connectivity index (χ0n) is 11.5. The SMILES string of the molecule is CCOC(=O)C(CCCCC(=O)c1ccccc1)=[N+]=[N-]. The van der Waals surface area contributed by atoms with E-state index in [2.05, 4.69) is 4.79 Å². The molecule has 1 rings (SSSR count). The van der Waals surface area contributed by atoms with Gasteiger partial charge in [0, 0.05) is 12.0 Å². The topological polar surface area (TPSA) is 79.8 Å². The number of nitrogens with zero attached hydrogens (tertiary/aromatic N) is 2. The molecule has 0 aliphatic carbocycles. The predicted molar refractivity (Wildman–Crippen MR) is 74.5 cm³/mol. The van der Waals surface area contributed by atoms with Gasteiger partial charge < -0.3 is 10.3 Å². The van der Waals surface area contributed by atoms with Gasteiger partial charge in [0.25, 0.3) is 0 Å². The fraction of sp³-hybridized carbons (Fsp3) is 0.400. The highest BCUT2D eigenvalue weighted by Crippen LogP contribution is 2.08. The molecule has 0 fully saturated rings. The van der Waals surface area contributed by atoms with E-state index in [-0.39, 0.29) is 18.1 Å². The van der Waals surface area contributed by atoms with Crippen LogP contribution in [0.4, 0.5) is 0 Å². The summed E-state index contributed by atoms with van der Waals surface area (Å²) in [6.45, 7) is 1.93. The molecule has 0 heterocycles. The molecule has 0 saturated carbocycles. The van der Waals surface area contributed by atoms with Crippen molar-refractivity contribution in [3.8, 4) is 0 Å². The van der Waals surface area contributed by atoms with Gasteiger partial charge in [-0.05, 0) is 19.8 Å². The summed E-state index contributed by atoms with van der Waals surface area (Å²) in [6, 6.07) is 9.07. The van der Waals surface area contributed by atoms with Crippen molar-refractivity contribution >= 4 is 17.5 Å². The van der Waals surface area contributed by atoms with Crippen LogP contribution in [0.1, 0.15) is 43.0 Å². The van der Waals surface area contributed by atoms with Crippen LogP contribution in [-0.4, -0.2) is 28.9 Å². The number of ketones is 1. The third-order valence-corrected chi connectivity index (χ3v) is 2.79. The Bertz CT molecular complexity index is 505. The maximum absolute atomic E-state index is 11.8. The van der Waals surface area contributed by atoms with Crippen LogP contribution >= 0.6 is 0 Å². The molecule has 0 bridgehead atoms. The summed E-state index contributed by atoms with van der Waals surface area (Å²) < 4.78 is 4.75. The first-order valence-electron chi connectivity index (χ1n) is 6.65. The number of esters is 1. The maximum atomic E-state index is 11.8. The number of hydrogen-bond donors (Lipinski definition) is 0. The summed E-state index contributed by atoms with van der Waals surface area (Å²) in [5.41, 5.74) is 9.42. The van der Waals surface area contributed by atoms with Gasteiger partial charge in [0.05, 0.1) is 13.0 Å². The van der Waals surface area contributed by atoms with Crippen LogP contribution in [0.3, 0.4) is 0 Å². The van der Waals surface area contributed by atoms with Crippen LogP contribution in [0, 0.1) is 0 Å². The number of unbranched alkanes of at least 4 members (excludes halogenated alkanes) is 1. The van der Waals surface area contributed by atoms with Crippen molar-refractivity contribution in [3.63, 3.8) is 0 Å². The number of Topliss-reactive ketones (excluding diaryl/α,β-unsaturated/α-hetero) is 1. The zero-order valence-corrected chi connectivity index (χ0v) is 11.5. The lowest BCUT2D eigenvalue weighted by atomic mass is 10.0. The number of rotatable bonds is 8. The van der Waals surface area contributed by atoms with Gasteiger partial charge in [0.1, 0.15) is 0 Å². The van der Waals surface area contributed by atoms with Gasteiger partial charge >= 0.3 is 11.7 Å². The largest absolute Gasteiger partial charge is 0.457 e. The average Bonchev–Trinajstić information content (AvgIpc) is 2.48. The number of carbonyl (C=O) groups is 2. The second-order valence-corrected chi connectivity index (χ2v) is 4.26. The predicted octanol–water partition coefficient (Wildman–Crippen LogP) is 2.66. The highest BCUT2D eigenvalue weighted by molar-refractivity contribution is 6.33. The van der Waals surface area contributed by atoms with Crippen LogP contribution < -0.4 is 0 Å². The minimum absolute atomic E-state index is 0.000917. The lowest BCUT2D eigenvalue weighted by Crippen LogP contribution is -2.18. The van der Waals surface area contributed by atoms with Crippen LogP contribution in [0.5, 0.6) is 0 Å². The molecule has 106 valence electrons. The van der Waals surface area contributed by atoms with Crippen molar-refractivity contribution in [1.82, 2.24) is 0 Å². The number of benzene rings is 1. The van der Waals surface area contributed by atoms with Crippen molar-refractivity contribution in [2.24, 2.45) is 0 Å². The first-order chi connectivity index (χ1) is 9.69. The Labute approximate surface area is 118 Å². The minimum atomic E-state index is -0.607. The van der Waals surface area contributed by atoms with Gasteiger partial charge in [-0.2, -0.15) is 4.79 Å². The van der Waals surface area contributed by atoms with E-state index in [0.29, 0.717) is 31.2 Å². The molecule has 0 aromatic heterocycles. The summed E-state index contributed by atoms with van der Waals surface area (Å²) in [7, 11) is 0. The number of ether oxygens (including phenoxy) is 1. The van der Waals surface area contributed by atoms with Gasteiger partial charge in [0.15, 0.2) is 5.78 Å². The molecule has 0 unspecified atom stereocenters. The summed E-state index contributed by atoms with van der Waals surface area (Å²) in [6.07, 6.45) is 1.94. The summed E-state index contributed by atoms with van der Waals surface area (Å²) >= 11 is 0. The van der Waals surface area contributed by atoms with Gasteiger partial charge in [-0.25, -0.2) is 4.79 Å². The van der Waals surface area contributed by atoms with Gasteiger partial charge in [-0.3, -0.25) is 4.79 Å². The lowest BCUT2D eigenvalue weighted by molar-refractivity contribution is -0.140. The number of hydrogen-bond acceptors (Lipinski definition) is 3. The van der Waals surface area contributed by atoms with E-state index in [0.717, 1.165) is 0 Å². The smallest absolute Gasteiger partial charge is 0.416 e. The Balaban J connectivity index is 2.33. The first kappa shape index (κ1) is 15.8. The highest BCUT2D eigenvalue weighted by Gasteiger charge is 2.20. The summed E-state index contributed by atoms with van der Waals surface area (Å²) in [5.74, 6) is -0.534. The molecule has 0 amide bonds. The Kier molecular flexibility index (Phi) is 6.93. The van der Waals surface area contributed by atoms with E-state index in [1.165, 1.54) is 0 Å². The molecule has 0 N–H and O–H groups in total. The molecule has 5 heteroatoms. The van der Waals surface area contributed by atoms with Crippen LogP contribution in [0.15, 0.2) is 30.3 Å². The van der Waals surface area contributed by atoms with Crippen molar-refractivity contribution in [2.75, 3.05) is 6.61 Å². The van der Waals surface area contributed by atoms with Crippen molar-refractivity contribution < 1.29 is 19.1 Å². The lowest BCUT2D eigenvalue weighted by Gasteiger charge is -2.00. The van der Waals surface area contributed by atoms with Crippen molar-refractivity contribution in [2.45, 2.75) is 32.6 Å². The quantitative estimate of drug-likeness (QED) is 0.182. The Morgan fingerprint density at radius 1 is 1.15 bits per heavy atom. The third kappa shape index (κ3) is 5.16.